The first-order valence-electron chi connectivity index (χ1n) is 4.95. The third kappa shape index (κ3) is 2.09. The summed E-state index contributed by atoms with van der Waals surface area (Å²) in [7, 11) is 0. The van der Waals surface area contributed by atoms with E-state index in [4.69, 9.17) is 16.7 Å². The standard InChI is InChI=1S/C10H10BrN5O/c11-10-6(3-12)7(14)2-8(15-10)16-4-5(13)1-9(16)17/h2,5H,1,4,13H2,(H2,14,15). The lowest BCUT2D eigenvalue weighted by molar-refractivity contribution is -0.117. The highest BCUT2D eigenvalue weighted by molar-refractivity contribution is 9.10. The van der Waals surface area contributed by atoms with E-state index >= 15 is 0 Å². The van der Waals surface area contributed by atoms with Crippen molar-refractivity contribution in [2.75, 3.05) is 17.2 Å². The van der Waals surface area contributed by atoms with Crippen LogP contribution in [0.4, 0.5) is 11.5 Å². The second kappa shape index (κ2) is 4.31. The molecule has 1 unspecified atom stereocenters. The number of nitrogens with two attached hydrogens (primary N) is 2. The van der Waals surface area contributed by atoms with Gasteiger partial charge in [0, 0.05) is 25.1 Å². The first-order chi connectivity index (χ1) is 8.02. The molecule has 4 N–H and O–H groups in total. The number of pyridine rings is 1. The molecule has 17 heavy (non-hydrogen) atoms. The zero-order valence-electron chi connectivity index (χ0n) is 8.85. The third-order valence-electron chi connectivity index (χ3n) is 2.54. The van der Waals surface area contributed by atoms with Crippen LogP contribution < -0.4 is 16.4 Å². The second-order valence-corrected chi connectivity index (χ2v) is 4.57. The minimum Gasteiger partial charge on any atom is -0.397 e. The molecule has 1 aromatic heterocycles. The zero-order chi connectivity index (χ0) is 12.6. The minimum absolute atomic E-state index is 0.0824. The van der Waals surface area contributed by atoms with Crippen LogP contribution in [-0.4, -0.2) is 23.5 Å². The van der Waals surface area contributed by atoms with Crippen LogP contribution in [-0.2, 0) is 4.79 Å². The molecule has 0 aliphatic carbocycles. The molecule has 2 heterocycles. The first kappa shape index (κ1) is 11.8. The summed E-state index contributed by atoms with van der Waals surface area (Å²) in [4.78, 5) is 17.3. The van der Waals surface area contributed by atoms with Gasteiger partial charge in [-0.1, -0.05) is 0 Å². The van der Waals surface area contributed by atoms with Gasteiger partial charge in [-0.3, -0.25) is 9.69 Å². The summed E-state index contributed by atoms with van der Waals surface area (Å²) in [6.07, 6.45) is 0.305. The topological polar surface area (TPSA) is 109 Å². The van der Waals surface area contributed by atoms with E-state index in [0.29, 0.717) is 23.4 Å². The number of amides is 1. The maximum atomic E-state index is 11.6. The van der Waals surface area contributed by atoms with E-state index in [-0.39, 0.29) is 23.2 Å². The maximum Gasteiger partial charge on any atom is 0.229 e. The Morgan fingerprint density at radius 1 is 1.65 bits per heavy atom. The van der Waals surface area contributed by atoms with Crippen LogP contribution in [0, 0.1) is 11.3 Å². The van der Waals surface area contributed by atoms with Gasteiger partial charge in [0.1, 0.15) is 22.1 Å². The number of rotatable bonds is 1. The number of aromatic nitrogens is 1. The Morgan fingerprint density at radius 2 is 2.35 bits per heavy atom. The summed E-state index contributed by atoms with van der Waals surface area (Å²) in [5, 5.41) is 8.85. The quantitative estimate of drug-likeness (QED) is 0.727. The molecule has 7 heteroatoms. The van der Waals surface area contributed by atoms with Crippen molar-refractivity contribution in [3.63, 3.8) is 0 Å². The van der Waals surface area contributed by atoms with Crippen molar-refractivity contribution in [3.05, 3.63) is 16.2 Å². The molecule has 1 aliphatic heterocycles. The fourth-order valence-corrected chi connectivity index (χ4v) is 2.22. The number of carbonyl (C=O) groups is 1. The summed E-state index contributed by atoms with van der Waals surface area (Å²) in [6.45, 7) is 0.420. The molecule has 0 bridgehead atoms. The molecule has 1 aromatic rings. The molecule has 2 rings (SSSR count). The van der Waals surface area contributed by atoms with Crippen molar-refractivity contribution in [1.29, 1.82) is 5.26 Å². The average molecular weight is 296 g/mol. The van der Waals surface area contributed by atoms with Crippen molar-refractivity contribution in [2.24, 2.45) is 5.73 Å². The van der Waals surface area contributed by atoms with Crippen LogP contribution in [0.3, 0.4) is 0 Å². The van der Waals surface area contributed by atoms with Gasteiger partial charge in [-0.25, -0.2) is 4.98 Å². The molecule has 6 nitrogen and oxygen atoms in total. The molecule has 1 atom stereocenters. The van der Waals surface area contributed by atoms with Crippen LogP contribution in [0.25, 0.3) is 0 Å². The second-order valence-electron chi connectivity index (χ2n) is 3.82. The predicted molar refractivity (Wildman–Crippen MR) is 66.0 cm³/mol. The minimum atomic E-state index is -0.181. The Hall–Kier alpha value is -1.65. The summed E-state index contributed by atoms with van der Waals surface area (Å²) in [6, 6.07) is 3.27. The van der Waals surface area contributed by atoms with Crippen molar-refractivity contribution < 1.29 is 4.79 Å². The number of nitrogen functional groups attached to an aromatic ring is 1. The zero-order valence-corrected chi connectivity index (χ0v) is 10.4. The van der Waals surface area contributed by atoms with Gasteiger partial charge in [-0.15, -0.1) is 0 Å². The SMILES string of the molecule is N#Cc1c(N)cc(N2CC(N)CC2=O)nc1Br. The fourth-order valence-electron chi connectivity index (χ4n) is 1.72. The van der Waals surface area contributed by atoms with Crippen LogP contribution in [0.15, 0.2) is 10.7 Å². The molecular formula is C10H10BrN5O. The number of hydrogen-bond acceptors (Lipinski definition) is 5. The average Bonchev–Trinajstić information content (AvgIpc) is 2.57. The van der Waals surface area contributed by atoms with Gasteiger partial charge in [-0.2, -0.15) is 5.26 Å². The number of anilines is 2. The first-order valence-corrected chi connectivity index (χ1v) is 5.74. The molecule has 1 amide bonds. The fraction of sp³-hybridized carbons (Fsp3) is 0.300. The van der Waals surface area contributed by atoms with E-state index in [1.807, 2.05) is 6.07 Å². The van der Waals surface area contributed by atoms with Gasteiger partial charge in [-0.05, 0) is 15.9 Å². The Balaban J connectivity index is 2.42. The Morgan fingerprint density at radius 3 is 2.82 bits per heavy atom. The Labute approximate surface area is 106 Å². The van der Waals surface area contributed by atoms with Crippen LogP contribution in [0.1, 0.15) is 12.0 Å². The molecule has 0 aromatic carbocycles. The van der Waals surface area contributed by atoms with Crippen molar-refractivity contribution in [2.45, 2.75) is 12.5 Å². The molecule has 0 saturated carbocycles. The number of nitriles is 1. The predicted octanol–water partition coefficient (Wildman–Crippen LogP) is 0.362. The number of carbonyl (C=O) groups excluding carboxylic acids is 1. The van der Waals surface area contributed by atoms with Crippen molar-refractivity contribution >= 4 is 33.3 Å². The van der Waals surface area contributed by atoms with E-state index in [1.54, 1.807) is 0 Å². The van der Waals surface area contributed by atoms with Crippen LogP contribution >= 0.6 is 15.9 Å². The van der Waals surface area contributed by atoms with Gasteiger partial charge in [0.2, 0.25) is 5.91 Å². The smallest absolute Gasteiger partial charge is 0.229 e. The van der Waals surface area contributed by atoms with Gasteiger partial charge in [0.05, 0.1) is 5.69 Å². The molecule has 1 fully saturated rings. The number of nitrogens with zero attached hydrogens (tertiary/aromatic N) is 3. The van der Waals surface area contributed by atoms with Gasteiger partial charge in [0.25, 0.3) is 0 Å². The highest BCUT2D eigenvalue weighted by Gasteiger charge is 2.29. The highest BCUT2D eigenvalue weighted by Crippen LogP contribution is 2.27. The lowest BCUT2D eigenvalue weighted by Gasteiger charge is -2.16. The monoisotopic (exact) mass is 295 g/mol. The van der Waals surface area contributed by atoms with E-state index in [0.717, 1.165) is 0 Å². The Bertz CT molecular complexity index is 501. The van der Waals surface area contributed by atoms with Gasteiger partial charge in [0.15, 0.2) is 0 Å². The molecule has 1 saturated heterocycles. The molecule has 1 aliphatic rings. The Kier molecular flexibility index (Phi) is 3.00. The van der Waals surface area contributed by atoms with E-state index in [2.05, 4.69) is 20.9 Å². The van der Waals surface area contributed by atoms with E-state index in [1.165, 1.54) is 11.0 Å². The lowest BCUT2D eigenvalue weighted by Crippen LogP contribution is -2.28. The summed E-state index contributed by atoms with van der Waals surface area (Å²) >= 11 is 3.16. The van der Waals surface area contributed by atoms with Gasteiger partial charge < -0.3 is 11.5 Å². The van der Waals surface area contributed by atoms with Crippen LogP contribution in [0.2, 0.25) is 0 Å². The summed E-state index contributed by atoms with van der Waals surface area (Å²) in [5.41, 5.74) is 12.0. The number of halogens is 1. The molecule has 88 valence electrons. The van der Waals surface area contributed by atoms with Gasteiger partial charge >= 0.3 is 0 Å². The van der Waals surface area contributed by atoms with E-state index < -0.39 is 0 Å². The molecular weight excluding hydrogens is 286 g/mol. The largest absolute Gasteiger partial charge is 0.397 e. The summed E-state index contributed by atoms with van der Waals surface area (Å²) < 4.78 is 0.336. The molecule has 0 radical (unpaired) electrons. The summed E-state index contributed by atoms with van der Waals surface area (Å²) in [5.74, 6) is 0.340. The van der Waals surface area contributed by atoms with Crippen molar-refractivity contribution in [1.82, 2.24) is 4.98 Å². The highest BCUT2D eigenvalue weighted by atomic mass is 79.9. The number of hydrogen-bond donors (Lipinski definition) is 2. The van der Waals surface area contributed by atoms with E-state index in [9.17, 15) is 4.79 Å². The normalized spacial score (nSPS) is 19.5. The lowest BCUT2D eigenvalue weighted by atomic mass is 10.2. The molecule has 0 spiro atoms. The maximum absolute atomic E-state index is 11.6. The van der Waals surface area contributed by atoms with Crippen LogP contribution in [0.5, 0.6) is 0 Å². The van der Waals surface area contributed by atoms with Crippen molar-refractivity contribution in [3.8, 4) is 6.07 Å². The third-order valence-corrected chi connectivity index (χ3v) is 3.11.